The van der Waals surface area contributed by atoms with Crippen LogP contribution in [0.5, 0.6) is 5.75 Å². The zero-order valence-corrected chi connectivity index (χ0v) is 12.2. The number of carbonyl (C=O) groups excluding carboxylic acids is 1. The Morgan fingerprint density at radius 2 is 2.14 bits per heavy atom. The Balaban J connectivity index is 2.70. The molecule has 0 saturated heterocycles. The van der Waals surface area contributed by atoms with Gasteiger partial charge in [0.2, 0.25) is 0 Å². The first-order valence-corrected chi connectivity index (χ1v) is 6.37. The third-order valence-corrected chi connectivity index (χ3v) is 2.91. The molecule has 0 heterocycles. The number of methoxy groups -OCH3 is 1. The topological polar surface area (TPSA) is 122 Å². The van der Waals surface area contributed by atoms with E-state index in [4.69, 9.17) is 9.84 Å². The van der Waals surface area contributed by atoms with Gasteiger partial charge in [0.25, 0.3) is 5.69 Å². The second-order valence-electron chi connectivity index (χ2n) is 4.48. The fourth-order valence-corrected chi connectivity index (χ4v) is 1.69. The van der Waals surface area contributed by atoms with Crippen molar-refractivity contribution in [3.8, 4) is 5.75 Å². The quantitative estimate of drug-likeness (QED) is 0.576. The van der Waals surface area contributed by atoms with Crippen LogP contribution in [0.2, 0.25) is 0 Å². The smallest absolute Gasteiger partial charge is 0.317 e. The van der Waals surface area contributed by atoms with Gasteiger partial charge in [0.05, 0.1) is 18.5 Å². The van der Waals surface area contributed by atoms with Crippen molar-refractivity contribution in [3.63, 3.8) is 0 Å². The van der Waals surface area contributed by atoms with Crippen LogP contribution in [0.1, 0.15) is 12.0 Å². The molecule has 0 spiro atoms. The summed E-state index contributed by atoms with van der Waals surface area (Å²) in [7, 11) is 2.88. The molecular formula is C13H17N3O6. The van der Waals surface area contributed by atoms with E-state index in [0.717, 1.165) is 0 Å². The summed E-state index contributed by atoms with van der Waals surface area (Å²) in [6.07, 6.45) is -0.163. The summed E-state index contributed by atoms with van der Waals surface area (Å²) < 4.78 is 5.09. The van der Waals surface area contributed by atoms with Gasteiger partial charge in [0, 0.05) is 37.8 Å². The molecule has 0 fully saturated rings. The summed E-state index contributed by atoms with van der Waals surface area (Å²) in [5, 5.41) is 21.9. The van der Waals surface area contributed by atoms with E-state index in [2.05, 4.69) is 5.32 Å². The molecule has 1 aromatic carbocycles. The number of hydrogen-bond donors (Lipinski definition) is 2. The summed E-state index contributed by atoms with van der Waals surface area (Å²) in [5.41, 5.74) is 0.348. The zero-order valence-electron chi connectivity index (χ0n) is 12.2. The standard InChI is InChI=1S/C13H17N3O6/c1-15(6-5-12(17)18)13(19)14-8-9-7-10(16(20)21)3-4-11(9)22-2/h3-4,7H,5-6,8H2,1-2H3,(H,14,19)(H,17,18). The molecule has 120 valence electrons. The largest absolute Gasteiger partial charge is 0.496 e. The van der Waals surface area contributed by atoms with E-state index in [0.29, 0.717) is 11.3 Å². The molecule has 22 heavy (non-hydrogen) atoms. The number of carboxylic acid groups (broad SMARTS) is 1. The van der Waals surface area contributed by atoms with Crippen molar-refractivity contribution in [2.75, 3.05) is 20.7 Å². The summed E-state index contributed by atoms with van der Waals surface area (Å²) >= 11 is 0. The van der Waals surface area contributed by atoms with E-state index in [1.54, 1.807) is 0 Å². The monoisotopic (exact) mass is 311 g/mol. The van der Waals surface area contributed by atoms with Gasteiger partial charge >= 0.3 is 12.0 Å². The van der Waals surface area contributed by atoms with E-state index in [9.17, 15) is 19.7 Å². The number of amides is 2. The molecule has 0 aliphatic carbocycles. The second kappa shape index (κ2) is 7.81. The van der Waals surface area contributed by atoms with Crippen LogP contribution in [-0.4, -0.2) is 47.6 Å². The Labute approximate surface area is 126 Å². The molecule has 0 aliphatic rings. The minimum Gasteiger partial charge on any atom is -0.496 e. The molecule has 0 bridgehead atoms. The van der Waals surface area contributed by atoms with Gasteiger partial charge in [-0.2, -0.15) is 0 Å². The molecule has 0 saturated carbocycles. The first kappa shape index (κ1) is 17.2. The average Bonchev–Trinajstić information content (AvgIpc) is 2.49. The molecule has 0 unspecified atom stereocenters. The van der Waals surface area contributed by atoms with Gasteiger partial charge in [0.15, 0.2) is 0 Å². The Kier molecular flexibility index (Phi) is 6.11. The number of carboxylic acids is 1. The molecule has 2 N–H and O–H groups in total. The minimum atomic E-state index is -1.000. The molecule has 0 radical (unpaired) electrons. The minimum absolute atomic E-state index is 0.0289. The maximum atomic E-state index is 11.8. The lowest BCUT2D eigenvalue weighted by molar-refractivity contribution is -0.384. The molecule has 9 nitrogen and oxygen atoms in total. The predicted octanol–water partition coefficient (Wildman–Crippen LogP) is 1.22. The lowest BCUT2D eigenvalue weighted by atomic mass is 10.1. The number of aliphatic carboxylic acids is 1. The molecular weight excluding hydrogens is 294 g/mol. The van der Waals surface area contributed by atoms with Gasteiger partial charge in [-0.3, -0.25) is 14.9 Å². The first-order valence-electron chi connectivity index (χ1n) is 6.37. The fraction of sp³-hybridized carbons (Fsp3) is 0.385. The molecule has 0 aromatic heterocycles. The van der Waals surface area contributed by atoms with Crippen molar-refractivity contribution in [2.24, 2.45) is 0 Å². The molecule has 9 heteroatoms. The summed E-state index contributed by atoms with van der Waals surface area (Å²) in [5.74, 6) is -0.584. The molecule has 1 rings (SSSR count). The normalized spacial score (nSPS) is 9.91. The second-order valence-corrected chi connectivity index (χ2v) is 4.48. The summed E-state index contributed by atoms with van der Waals surface area (Å²) in [6, 6.07) is 3.60. The van der Waals surface area contributed by atoms with Crippen LogP contribution in [0.25, 0.3) is 0 Å². The highest BCUT2D eigenvalue weighted by atomic mass is 16.6. The molecule has 2 amide bonds. The van der Waals surface area contributed by atoms with Crippen molar-refractivity contribution in [3.05, 3.63) is 33.9 Å². The van der Waals surface area contributed by atoms with E-state index in [1.165, 1.54) is 37.3 Å². The number of nitrogens with one attached hydrogen (secondary N) is 1. The van der Waals surface area contributed by atoms with Crippen molar-refractivity contribution in [2.45, 2.75) is 13.0 Å². The van der Waals surface area contributed by atoms with Crippen LogP contribution in [-0.2, 0) is 11.3 Å². The third-order valence-electron chi connectivity index (χ3n) is 2.91. The Morgan fingerprint density at radius 3 is 2.68 bits per heavy atom. The van der Waals surface area contributed by atoms with Crippen molar-refractivity contribution in [1.82, 2.24) is 10.2 Å². The maximum absolute atomic E-state index is 11.8. The summed E-state index contributed by atoms with van der Waals surface area (Å²) in [6.45, 7) is 0.0916. The van der Waals surface area contributed by atoms with Gasteiger partial charge in [-0.15, -0.1) is 0 Å². The summed E-state index contributed by atoms with van der Waals surface area (Å²) in [4.78, 5) is 33.7. The highest BCUT2D eigenvalue weighted by Crippen LogP contribution is 2.23. The number of nitro groups is 1. The van der Waals surface area contributed by atoms with E-state index in [-0.39, 0.29) is 25.2 Å². The van der Waals surface area contributed by atoms with Gasteiger partial charge in [-0.05, 0) is 6.07 Å². The first-order chi connectivity index (χ1) is 10.3. The number of ether oxygens (including phenoxy) is 1. The number of benzene rings is 1. The van der Waals surface area contributed by atoms with Crippen LogP contribution < -0.4 is 10.1 Å². The number of nitro benzene ring substituents is 1. The number of carbonyl (C=O) groups is 2. The number of non-ortho nitro benzene ring substituents is 1. The van der Waals surface area contributed by atoms with E-state index >= 15 is 0 Å². The van der Waals surface area contributed by atoms with Crippen molar-refractivity contribution < 1.29 is 24.4 Å². The number of urea groups is 1. The Hall–Kier alpha value is -2.84. The SMILES string of the molecule is COc1ccc([N+](=O)[O-])cc1CNC(=O)N(C)CCC(=O)O. The molecule has 0 atom stereocenters. The maximum Gasteiger partial charge on any atom is 0.317 e. The van der Waals surface area contributed by atoms with Gasteiger partial charge in [-0.1, -0.05) is 0 Å². The number of hydrogen-bond acceptors (Lipinski definition) is 5. The third kappa shape index (κ3) is 4.93. The van der Waals surface area contributed by atoms with Crippen molar-refractivity contribution in [1.29, 1.82) is 0 Å². The zero-order chi connectivity index (χ0) is 16.7. The van der Waals surface area contributed by atoms with Crippen LogP contribution >= 0.6 is 0 Å². The Morgan fingerprint density at radius 1 is 1.45 bits per heavy atom. The lowest BCUT2D eigenvalue weighted by Gasteiger charge is -2.17. The highest BCUT2D eigenvalue weighted by Gasteiger charge is 2.14. The van der Waals surface area contributed by atoms with Gasteiger partial charge < -0.3 is 20.1 Å². The van der Waals surface area contributed by atoms with E-state index < -0.39 is 16.9 Å². The predicted molar refractivity (Wildman–Crippen MR) is 76.8 cm³/mol. The van der Waals surface area contributed by atoms with Gasteiger partial charge in [0.1, 0.15) is 5.75 Å². The van der Waals surface area contributed by atoms with Crippen LogP contribution in [0.15, 0.2) is 18.2 Å². The van der Waals surface area contributed by atoms with Gasteiger partial charge in [-0.25, -0.2) is 4.79 Å². The lowest BCUT2D eigenvalue weighted by Crippen LogP contribution is -2.38. The van der Waals surface area contributed by atoms with Crippen molar-refractivity contribution >= 4 is 17.7 Å². The number of nitrogens with zero attached hydrogens (tertiary/aromatic N) is 2. The Bertz CT molecular complexity index is 575. The van der Waals surface area contributed by atoms with Crippen LogP contribution in [0, 0.1) is 10.1 Å². The fourth-order valence-electron chi connectivity index (χ4n) is 1.69. The molecule has 0 aliphatic heterocycles. The van der Waals surface area contributed by atoms with Crippen LogP contribution in [0.4, 0.5) is 10.5 Å². The average molecular weight is 311 g/mol. The number of rotatable bonds is 7. The van der Waals surface area contributed by atoms with E-state index in [1.807, 2.05) is 0 Å². The molecule has 1 aromatic rings. The van der Waals surface area contributed by atoms with Crippen LogP contribution in [0.3, 0.4) is 0 Å². The highest BCUT2D eigenvalue weighted by molar-refractivity contribution is 5.75.